The van der Waals surface area contributed by atoms with Gasteiger partial charge < -0.3 is 20.7 Å². The monoisotopic (exact) mass is 402 g/mol. The van der Waals surface area contributed by atoms with E-state index >= 15 is 0 Å². The highest BCUT2D eigenvalue weighted by Gasteiger charge is 2.21. The summed E-state index contributed by atoms with van der Waals surface area (Å²) in [6.07, 6.45) is 5.03. The molecule has 1 aliphatic heterocycles. The summed E-state index contributed by atoms with van der Waals surface area (Å²) in [6.45, 7) is 5.16. The van der Waals surface area contributed by atoms with E-state index in [0.29, 0.717) is 30.0 Å². The summed E-state index contributed by atoms with van der Waals surface area (Å²) in [6, 6.07) is 4.04. The van der Waals surface area contributed by atoms with Crippen LogP contribution in [0.5, 0.6) is 5.75 Å². The molecule has 1 aromatic carbocycles. The Hall–Kier alpha value is -2.71. The van der Waals surface area contributed by atoms with Crippen LogP contribution in [0.1, 0.15) is 23.2 Å². The van der Waals surface area contributed by atoms with Gasteiger partial charge in [-0.1, -0.05) is 12.2 Å². The average molecular weight is 402 g/mol. The minimum Gasteiger partial charge on any atom is -0.497 e. The van der Waals surface area contributed by atoms with Gasteiger partial charge in [-0.15, -0.1) is 0 Å². The number of nitrogens with one attached hydrogen (secondary N) is 3. The van der Waals surface area contributed by atoms with Crippen molar-refractivity contribution in [2.24, 2.45) is 0 Å². The van der Waals surface area contributed by atoms with E-state index in [1.54, 1.807) is 12.2 Å². The van der Waals surface area contributed by atoms with Gasteiger partial charge in [0.05, 0.1) is 18.2 Å². The van der Waals surface area contributed by atoms with Crippen LogP contribution in [0.15, 0.2) is 41.6 Å². The Bertz CT molecular complexity index is 816. The van der Waals surface area contributed by atoms with Crippen LogP contribution in [0.3, 0.4) is 0 Å². The Morgan fingerprint density at radius 2 is 1.93 bits per heavy atom. The first-order chi connectivity index (χ1) is 14.1. The molecule has 3 rings (SSSR count). The number of halogens is 1. The summed E-state index contributed by atoms with van der Waals surface area (Å²) in [5, 5.41) is 8.89. The number of nitrogens with zero attached hydrogens (tertiary/aromatic N) is 1. The van der Waals surface area contributed by atoms with Crippen molar-refractivity contribution in [1.29, 1.82) is 0 Å². The van der Waals surface area contributed by atoms with Gasteiger partial charge in [0.25, 0.3) is 11.8 Å². The molecule has 3 N–H and O–H groups in total. The van der Waals surface area contributed by atoms with E-state index < -0.39 is 11.7 Å². The number of methoxy groups -OCH3 is 1. The van der Waals surface area contributed by atoms with Crippen LogP contribution in [-0.4, -0.2) is 63.1 Å². The Labute approximate surface area is 170 Å². The van der Waals surface area contributed by atoms with E-state index in [1.807, 2.05) is 0 Å². The first kappa shape index (κ1) is 21.0. The predicted molar refractivity (Wildman–Crippen MR) is 108 cm³/mol. The second-order valence-electron chi connectivity index (χ2n) is 6.96. The van der Waals surface area contributed by atoms with E-state index in [9.17, 15) is 14.0 Å². The topological polar surface area (TPSA) is 82.7 Å². The maximum Gasteiger partial charge on any atom is 0.258 e. The van der Waals surface area contributed by atoms with Gasteiger partial charge in [-0.25, -0.2) is 4.39 Å². The van der Waals surface area contributed by atoms with Crippen molar-refractivity contribution in [3.8, 4) is 5.75 Å². The number of hydrogen-bond donors (Lipinski definition) is 3. The zero-order chi connectivity index (χ0) is 20.6. The van der Waals surface area contributed by atoms with Crippen LogP contribution in [0.2, 0.25) is 0 Å². The van der Waals surface area contributed by atoms with Gasteiger partial charge in [0, 0.05) is 51.0 Å². The van der Waals surface area contributed by atoms with Crippen molar-refractivity contribution in [1.82, 2.24) is 20.9 Å². The highest BCUT2D eigenvalue weighted by molar-refractivity contribution is 6.02. The third-order valence-electron chi connectivity index (χ3n) is 4.99. The van der Waals surface area contributed by atoms with Gasteiger partial charge in [0.1, 0.15) is 11.6 Å². The molecule has 1 aromatic rings. The fourth-order valence-electron chi connectivity index (χ4n) is 3.36. The molecule has 1 heterocycles. The van der Waals surface area contributed by atoms with E-state index in [1.165, 1.54) is 19.2 Å². The Balaban J connectivity index is 1.58. The molecular formula is C21H27FN4O3. The van der Waals surface area contributed by atoms with Gasteiger partial charge in [0.15, 0.2) is 0 Å². The lowest BCUT2D eigenvalue weighted by atomic mass is 10.0. The number of allylic oxidation sites excluding steroid dienone is 2. The number of carbonyl (C=O) groups is 2. The lowest BCUT2D eigenvalue weighted by molar-refractivity contribution is -0.117. The van der Waals surface area contributed by atoms with Crippen LogP contribution < -0.4 is 20.7 Å². The van der Waals surface area contributed by atoms with Crippen molar-refractivity contribution in [3.05, 3.63) is 53.0 Å². The van der Waals surface area contributed by atoms with Crippen molar-refractivity contribution < 1.29 is 18.7 Å². The van der Waals surface area contributed by atoms with E-state index in [0.717, 1.165) is 45.2 Å². The maximum absolute atomic E-state index is 14.2. The smallest absolute Gasteiger partial charge is 0.258 e. The van der Waals surface area contributed by atoms with Crippen LogP contribution in [0, 0.1) is 5.82 Å². The highest BCUT2D eigenvalue weighted by atomic mass is 19.1. The number of hydrogen-bond acceptors (Lipinski definition) is 5. The molecule has 2 amide bonds. The van der Waals surface area contributed by atoms with Crippen LogP contribution in [0.25, 0.3) is 0 Å². The molecule has 8 heteroatoms. The van der Waals surface area contributed by atoms with Crippen molar-refractivity contribution >= 4 is 11.8 Å². The third kappa shape index (κ3) is 5.65. The first-order valence-electron chi connectivity index (χ1n) is 9.85. The molecule has 1 fully saturated rings. The molecule has 2 aliphatic rings. The number of piperazine rings is 1. The molecule has 0 aromatic heterocycles. The molecule has 1 saturated heterocycles. The van der Waals surface area contributed by atoms with Crippen LogP contribution in [-0.2, 0) is 4.79 Å². The van der Waals surface area contributed by atoms with Crippen LogP contribution >= 0.6 is 0 Å². The molecule has 0 atom stereocenters. The molecular weight excluding hydrogens is 375 g/mol. The van der Waals surface area contributed by atoms with Gasteiger partial charge in [-0.2, -0.15) is 0 Å². The SMILES string of the molecule is COc1ccc(C(=O)NC2=CCCC=C2C(=O)NCCN2CCNCC2)c(F)c1. The molecule has 1 aliphatic carbocycles. The second kappa shape index (κ2) is 10.2. The number of carbonyl (C=O) groups excluding carboxylic acids is 2. The average Bonchev–Trinajstić information content (AvgIpc) is 2.74. The zero-order valence-corrected chi connectivity index (χ0v) is 16.6. The van der Waals surface area contributed by atoms with Gasteiger partial charge in [0.2, 0.25) is 0 Å². The molecule has 0 bridgehead atoms. The summed E-state index contributed by atoms with van der Waals surface area (Å²) >= 11 is 0. The predicted octanol–water partition coefficient (Wildman–Crippen LogP) is 1.19. The second-order valence-corrected chi connectivity index (χ2v) is 6.96. The van der Waals surface area contributed by atoms with Crippen molar-refractivity contribution in [2.75, 3.05) is 46.4 Å². The molecule has 0 spiro atoms. The lowest BCUT2D eigenvalue weighted by Crippen LogP contribution is -2.46. The fourth-order valence-corrected chi connectivity index (χ4v) is 3.36. The summed E-state index contributed by atoms with van der Waals surface area (Å²) in [5.74, 6) is -1.18. The molecule has 29 heavy (non-hydrogen) atoms. The first-order valence-corrected chi connectivity index (χ1v) is 9.85. The Morgan fingerprint density at radius 1 is 1.17 bits per heavy atom. The number of ether oxygens (including phenoxy) is 1. The minimum atomic E-state index is -0.677. The summed E-state index contributed by atoms with van der Waals surface area (Å²) in [4.78, 5) is 27.4. The summed E-state index contributed by atoms with van der Waals surface area (Å²) in [5.41, 5.74) is 0.728. The zero-order valence-electron chi connectivity index (χ0n) is 16.6. The lowest BCUT2D eigenvalue weighted by Gasteiger charge is -2.27. The standard InChI is InChI=1S/C21H27FN4O3/c1-29-15-6-7-16(18(22)14-15)21(28)25-19-5-3-2-4-17(19)20(27)24-10-13-26-11-8-23-9-12-26/h4-7,14,23H,2-3,8-13H2,1H3,(H,24,27)(H,25,28). The van der Waals surface area contributed by atoms with Crippen molar-refractivity contribution in [2.45, 2.75) is 12.8 Å². The van der Waals surface area contributed by atoms with Crippen LogP contribution in [0.4, 0.5) is 4.39 Å². The number of benzene rings is 1. The van der Waals surface area contributed by atoms with E-state index in [2.05, 4.69) is 20.9 Å². The number of amides is 2. The molecule has 7 nitrogen and oxygen atoms in total. The fraction of sp³-hybridized carbons (Fsp3) is 0.429. The Kier molecular flexibility index (Phi) is 7.37. The molecule has 0 unspecified atom stereocenters. The quantitative estimate of drug-likeness (QED) is 0.638. The van der Waals surface area contributed by atoms with Gasteiger partial charge in [-0.05, 0) is 25.0 Å². The summed E-state index contributed by atoms with van der Waals surface area (Å²) < 4.78 is 19.1. The van der Waals surface area contributed by atoms with Gasteiger partial charge in [-0.3, -0.25) is 14.5 Å². The molecule has 156 valence electrons. The molecule has 0 radical (unpaired) electrons. The molecule has 0 saturated carbocycles. The normalized spacial score (nSPS) is 17.2. The van der Waals surface area contributed by atoms with E-state index in [4.69, 9.17) is 4.74 Å². The Morgan fingerprint density at radius 3 is 2.66 bits per heavy atom. The highest BCUT2D eigenvalue weighted by Crippen LogP contribution is 2.20. The minimum absolute atomic E-state index is 0.101. The maximum atomic E-state index is 14.2. The van der Waals surface area contributed by atoms with E-state index in [-0.39, 0.29) is 11.5 Å². The van der Waals surface area contributed by atoms with Gasteiger partial charge >= 0.3 is 0 Å². The van der Waals surface area contributed by atoms with Crippen molar-refractivity contribution in [3.63, 3.8) is 0 Å². The third-order valence-corrected chi connectivity index (χ3v) is 4.99. The number of rotatable bonds is 7. The summed E-state index contributed by atoms with van der Waals surface area (Å²) in [7, 11) is 1.43. The largest absolute Gasteiger partial charge is 0.497 e.